The van der Waals surface area contributed by atoms with Gasteiger partial charge < -0.3 is 5.11 Å². The highest BCUT2D eigenvalue weighted by Crippen LogP contribution is 2.28. The molecule has 1 rings (SSSR count). The first-order chi connectivity index (χ1) is 7.36. The molecule has 4 nitrogen and oxygen atoms in total. The lowest BCUT2D eigenvalue weighted by Gasteiger charge is -2.39. The van der Waals surface area contributed by atoms with Crippen LogP contribution in [0.25, 0.3) is 0 Å². The molecule has 0 aromatic heterocycles. The van der Waals surface area contributed by atoms with E-state index in [9.17, 15) is 10.1 Å². The lowest BCUT2D eigenvalue weighted by Crippen LogP contribution is -2.47. The number of hydrogen-bond donors (Lipinski definition) is 1. The van der Waals surface area contributed by atoms with Crippen LogP contribution in [-0.2, 0) is 4.79 Å². The molecule has 1 N–H and O–H groups in total. The second-order valence-electron chi connectivity index (χ2n) is 5.55. The zero-order valence-corrected chi connectivity index (χ0v) is 10.2. The van der Waals surface area contributed by atoms with Gasteiger partial charge in [-0.05, 0) is 18.3 Å². The van der Waals surface area contributed by atoms with Crippen molar-refractivity contribution in [3.05, 3.63) is 0 Å². The zero-order chi connectivity index (χ0) is 12.3. The minimum absolute atomic E-state index is 0.0786. The zero-order valence-electron chi connectivity index (χ0n) is 10.2. The number of carbonyl (C=O) groups is 1. The molecule has 0 bridgehead atoms. The Morgan fingerprint density at radius 1 is 1.44 bits per heavy atom. The molecule has 0 radical (unpaired) electrons. The number of nitrogens with zero attached hydrogens (tertiary/aromatic N) is 2. The molecular weight excluding hydrogens is 204 g/mol. The molecule has 1 fully saturated rings. The summed E-state index contributed by atoms with van der Waals surface area (Å²) in [5.74, 6) is -0.931. The molecule has 1 unspecified atom stereocenters. The maximum Gasteiger partial charge on any atom is 0.306 e. The minimum Gasteiger partial charge on any atom is -0.481 e. The summed E-state index contributed by atoms with van der Waals surface area (Å²) in [5.41, 5.74) is -0.0786. The Hall–Kier alpha value is -1.08. The van der Waals surface area contributed by atoms with Gasteiger partial charge in [0.05, 0.1) is 12.0 Å². The highest BCUT2D eigenvalue weighted by molar-refractivity contribution is 5.70. The van der Waals surface area contributed by atoms with E-state index in [2.05, 4.69) is 11.0 Å². The van der Waals surface area contributed by atoms with Crippen molar-refractivity contribution in [2.45, 2.75) is 39.7 Å². The number of carboxylic acid groups (broad SMARTS) is 1. The van der Waals surface area contributed by atoms with Crippen molar-refractivity contribution in [2.24, 2.45) is 11.3 Å². The van der Waals surface area contributed by atoms with Gasteiger partial charge in [0, 0.05) is 13.1 Å². The summed E-state index contributed by atoms with van der Waals surface area (Å²) < 4.78 is 0. The molecule has 0 aromatic rings. The van der Waals surface area contributed by atoms with Crippen LogP contribution in [0.4, 0.5) is 0 Å². The minimum atomic E-state index is -0.705. The summed E-state index contributed by atoms with van der Waals surface area (Å²) in [6.45, 7) is 7.57. The molecular formula is C12H20N2O2. The van der Waals surface area contributed by atoms with Crippen LogP contribution < -0.4 is 0 Å². The van der Waals surface area contributed by atoms with Crippen molar-refractivity contribution in [2.75, 3.05) is 13.1 Å². The van der Waals surface area contributed by atoms with E-state index in [-0.39, 0.29) is 17.4 Å². The number of aliphatic carboxylic acids is 1. The van der Waals surface area contributed by atoms with Crippen molar-refractivity contribution in [1.29, 1.82) is 5.26 Å². The van der Waals surface area contributed by atoms with Gasteiger partial charge in [0.25, 0.3) is 0 Å². The number of hydrogen-bond acceptors (Lipinski definition) is 3. The Morgan fingerprint density at radius 3 is 2.25 bits per heavy atom. The average Bonchev–Trinajstić information content (AvgIpc) is 2.17. The third-order valence-corrected chi connectivity index (χ3v) is 3.19. The van der Waals surface area contributed by atoms with E-state index >= 15 is 0 Å². The van der Waals surface area contributed by atoms with Gasteiger partial charge in [0.2, 0.25) is 0 Å². The molecule has 90 valence electrons. The smallest absolute Gasteiger partial charge is 0.306 e. The molecule has 0 amide bonds. The third kappa shape index (κ3) is 2.96. The van der Waals surface area contributed by atoms with Crippen molar-refractivity contribution < 1.29 is 9.90 Å². The predicted molar refractivity (Wildman–Crippen MR) is 60.8 cm³/mol. The van der Waals surface area contributed by atoms with Crippen molar-refractivity contribution in [1.82, 2.24) is 4.90 Å². The number of carboxylic acids is 1. The maximum atomic E-state index is 10.8. The second kappa shape index (κ2) is 4.84. The molecule has 0 spiro atoms. The number of nitriles is 1. The van der Waals surface area contributed by atoms with Gasteiger partial charge in [0.15, 0.2) is 0 Å². The molecule has 1 heterocycles. The van der Waals surface area contributed by atoms with Gasteiger partial charge >= 0.3 is 5.97 Å². The summed E-state index contributed by atoms with van der Waals surface area (Å²) >= 11 is 0. The highest BCUT2D eigenvalue weighted by Gasteiger charge is 2.34. The van der Waals surface area contributed by atoms with Gasteiger partial charge in [-0.3, -0.25) is 9.69 Å². The molecule has 4 heteroatoms. The van der Waals surface area contributed by atoms with Crippen molar-refractivity contribution >= 4 is 5.97 Å². The standard InChI is InChI=1S/C12H20N2O2/c1-12(2,3)10(8-13)14-6-4-9(5-7-14)11(15)16/h9-10H,4-7H2,1-3H3,(H,15,16). The monoisotopic (exact) mass is 224 g/mol. The number of piperidine rings is 1. The molecule has 0 aliphatic carbocycles. The molecule has 1 atom stereocenters. The molecule has 16 heavy (non-hydrogen) atoms. The number of rotatable bonds is 2. The fraction of sp³-hybridized carbons (Fsp3) is 0.833. The van der Waals surface area contributed by atoms with Gasteiger partial charge in [-0.1, -0.05) is 20.8 Å². The lowest BCUT2D eigenvalue weighted by molar-refractivity contribution is -0.143. The van der Waals surface area contributed by atoms with Gasteiger partial charge in [-0.25, -0.2) is 0 Å². The summed E-state index contributed by atoms with van der Waals surface area (Å²) in [7, 11) is 0. The summed E-state index contributed by atoms with van der Waals surface area (Å²) in [4.78, 5) is 12.9. The van der Waals surface area contributed by atoms with Gasteiger partial charge in [-0.2, -0.15) is 5.26 Å². The van der Waals surface area contributed by atoms with Crippen LogP contribution in [-0.4, -0.2) is 35.1 Å². The summed E-state index contributed by atoms with van der Waals surface area (Å²) in [6.07, 6.45) is 1.31. The Balaban J connectivity index is 2.60. The quantitative estimate of drug-likeness (QED) is 0.775. The van der Waals surface area contributed by atoms with Crippen LogP contribution >= 0.6 is 0 Å². The van der Waals surface area contributed by atoms with Crippen LogP contribution in [0, 0.1) is 22.7 Å². The fourth-order valence-corrected chi connectivity index (χ4v) is 2.23. The van der Waals surface area contributed by atoms with Crippen LogP contribution in [0.1, 0.15) is 33.6 Å². The van der Waals surface area contributed by atoms with Gasteiger partial charge in [-0.15, -0.1) is 0 Å². The van der Waals surface area contributed by atoms with E-state index in [0.29, 0.717) is 25.9 Å². The van der Waals surface area contributed by atoms with E-state index in [1.807, 2.05) is 20.8 Å². The molecule has 1 saturated heterocycles. The third-order valence-electron chi connectivity index (χ3n) is 3.19. The van der Waals surface area contributed by atoms with E-state index in [1.165, 1.54) is 0 Å². The average molecular weight is 224 g/mol. The first kappa shape index (κ1) is 13.0. The lowest BCUT2D eigenvalue weighted by atomic mass is 9.84. The van der Waals surface area contributed by atoms with E-state index in [0.717, 1.165) is 0 Å². The van der Waals surface area contributed by atoms with Crippen LogP contribution in [0.15, 0.2) is 0 Å². The molecule has 0 aromatic carbocycles. The fourth-order valence-electron chi connectivity index (χ4n) is 2.23. The highest BCUT2D eigenvalue weighted by atomic mass is 16.4. The molecule has 1 aliphatic heterocycles. The SMILES string of the molecule is CC(C)(C)C(C#N)N1CCC(C(=O)O)CC1. The van der Waals surface area contributed by atoms with Gasteiger partial charge in [0.1, 0.15) is 6.04 Å². The topological polar surface area (TPSA) is 64.3 Å². The Labute approximate surface area is 96.9 Å². The molecule has 0 saturated carbocycles. The van der Waals surface area contributed by atoms with Crippen LogP contribution in [0.3, 0.4) is 0 Å². The largest absolute Gasteiger partial charge is 0.481 e. The summed E-state index contributed by atoms with van der Waals surface area (Å²) in [5, 5.41) is 18.1. The Morgan fingerprint density at radius 2 is 1.94 bits per heavy atom. The van der Waals surface area contributed by atoms with Crippen molar-refractivity contribution in [3.63, 3.8) is 0 Å². The van der Waals surface area contributed by atoms with E-state index in [4.69, 9.17) is 5.11 Å². The van der Waals surface area contributed by atoms with E-state index in [1.54, 1.807) is 0 Å². The predicted octanol–water partition coefficient (Wildman–Crippen LogP) is 1.72. The second-order valence-corrected chi connectivity index (χ2v) is 5.55. The first-order valence-corrected chi connectivity index (χ1v) is 5.72. The molecule has 1 aliphatic rings. The maximum absolute atomic E-state index is 10.8. The first-order valence-electron chi connectivity index (χ1n) is 5.72. The number of likely N-dealkylation sites (tertiary alicyclic amines) is 1. The normalized spacial score (nSPS) is 21.4. The Bertz CT molecular complexity index is 293. The van der Waals surface area contributed by atoms with E-state index < -0.39 is 5.97 Å². The summed E-state index contributed by atoms with van der Waals surface area (Å²) in [6, 6.07) is 2.21. The van der Waals surface area contributed by atoms with Crippen LogP contribution in [0.5, 0.6) is 0 Å². The van der Waals surface area contributed by atoms with Crippen LogP contribution in [0.2, 0.25) is 0 Å². The Kier molecular flexibility index (Phi) is 3.93. The van der Waals surface area contributed by atoms with Crippen molar-refractivity contribution in [3.8, 4) is 6.07 Å².